The minimum Gasteiger partial charge on any atom is -0.465 e. The zero-order valence-corrected chi connectivity index (χ0v) is 11.7. The highest BCUT2D eigenvalue weighted by atomic mass is 16.5. The molecule has 4 heteroatoms. The number of aliphatic hydroxyl groups is 1. The smallest absolute Gasteiger partial charge is 0.203 e. The lowest BCUT2D eigenvalue weighted by Gasteiger charge is -2.16. The molecule has 0 spiro atoms. The first kappa shape index (κ1) is 14.2. The number of ketones is 2. The zero-order valence-electron chi connectivity index (χ0n) is 11.7. The van der Waals surface area contributed by atoms with Gasteiger partial charge in [-0.25, -0.2) is 0 Å². The van der Waals surface area contributed by atoms with Gasteiger partial charge in [0.15, 0.2) is 5.60 Å². The van der Waals surface area contributed by atoms with E-state index in [1.807, 2.05) is 18.2 Å². The van der Waals surface area contributed by atoms with Crippen molar-refractivity contribution in [1.29, 1.82) is 0 Å². The summed E-state index contributed by atoms with van der Waals surface area (Å²) in [6.07, 6.45) is 2.73. The SMILES string of the molecule is O=C1c2ccccc2C(=O)C1(O)C/C=C/Oc1ccccc1. The van der Waals surface area contributed by atoms with Crippen molar-refractivity contribution >= 4 is 11.6 Å². The number of ether oxygens (including phenoxy) is 1. The lowest BCUT2D eigenvalue weighted by molar-refractivity contribution is 0.0343. The van der Waals surface area contributed by atoms with Gasteiger partial charge >= 0.3 is 0 Å². The fourth-order valence-corrected chi connectivity index (χ4v) is 2.46. The van der Waals surface area contributed by atoms with Crippen LogP contribution in [0.1, 0.15) is 27.1 Å². The second kappa shape index (κ2) is 5.58. The lowest BCUT2D eigenvalue weighted by Crippen LogP contribution is -2.40. The first-order chi connectivity index (χ1) is 10.6. The Morgan fingerprint density at radius 1 is 0.909 bits per heavy atom. The van der Waals surface area contributed by atoms with Crippen molar-refractivity contribution in [2.45, 2.75) is 12.0 Å². The zero-order chi connectivity index (χ0) is 15.6. The van der Waals surface area contributed by atoms with Gasteiger partial charge in [0, 0.05) is 17.5 Å². The van der Waals surface area contributed by atoms with Gasteiger partial charge in [-0.1, -0.05) is 42.5 Å². The molecule has 0 bridgehead atoms. The molecular weight excluding hydrogens is 280 g/mol. The van der Waals surface area contributed by atoms with E-state index in [2.05, 4.69) is 0 Å². The highest BCUT2D eigenvalue weighted by molar-refractivity contribution is 6.31. The average Bonchev–Trinajstić information content (AvgIpc) is 2.75. The van der Waals surface area contributed by atoms with Crippen LogP contribution in [-0.4, -0.2) is 22.3 Å². The summed E-state index contributed by atoms with van der Waals surface area (Å²) in [5.41, 5.74) is -1.49. The quantitative estimate of drug-likeness (QED) is 0.695. The van der Waals surface area contributed by atoms with Crippen LogP contribution in [0, 0.1) is 0 Å². The Hall–Kier alpha value is -2.72. The number of fused-ring (bicyclic) bond motifs is 1. The van der Waals surface area contributed by atoms with Gasteiger partial charge in [0.2, 0.25) is 11.6 Å². The lowest BCUT2D eigenvalue weighted by atomic mass is 9.94. The molecule has 1 N–H and O–H groups in total. The maximum absolute atomic E-state index is 12.2. The third-order valence-electron chi connectivity index (χ3n) is 3.62. The van der Waals surface area contributed by atoms with E-state index in [-0.39, 0.29) is 17.5 Å². The van der Waals surface area contributed by atoms with Crippen LogP contribution >= 0.6 is 0 Å². The second-order valence-electron chi connectivity index (χ2n) is 5.07. The predicted molar refractivity (Wildman–Crippen MR) is 80.9 cm³/mol. The first-order valence-electron chi connectivity index (χ1n) is 6.90. The van der Waals surface area contributed by atoms with Crippen LogP contribution < -0.4 is 4.74 Å². The molecule has 2 aromatic rings. The predicted octanol–water partition coefficient (Wildman–Crippen LogP) is 2.78. The van der Waals surface area contributed by atoms with Gasteiger partial charge in [0.05, 0.1) is 6.26 Å². The number of para-hydroxylation sites is 1. The monoisotopic (exact) mass is 294 g/mol. The maximum Gasteiger partial charge on any atom is 0.203 e. The number of Topliss-reactive ketones (excluding diaryl/α,β-unsaturated/α-hetero) is 2. The molecule has 0 amide bonds. The van der Waals surface area contributed by atoms with E-state index in [1.165, 1.54) is 12.3 Å². The van der Waals surface area contributed by atoms with Crippen molar-refractivity contribution in [1.82, 2.24) is 0 Å². The van der Waals surface area contributed by atoms with Gasteiger partial charge in [-0.2, -0.15) is 0 Å². The van der Waals surface area contributed by atoms with Gasteiger partial charge in [-0.3, -0.25) is 9.59 Å². The van der Waals surface area contributed by atoms with Crippen LogP contribution in [0.25, 0.3) is 0 Å². The Morgan fingerprint density at radius 3 is 2.05 bits per heavy atom. The van der Waals surface area contributed by atoms with Crippen LogP contribution in [0.15, 0.2) is 66.9 Å². The molecule has 0 saturated heterocycles. The topological polar surface area (TPSA) is 63.6 Å². The van der Waals surface area contributed by atoms with Gasteiger partial charge in [0.25, 0.3) is 0 Å². The summed E-state index contributed by atoms with van der Waals surface area (Å²) >= 11 is 0. The average molecular weight is 294 g/mol. The third kappa shape index (κ3) is 2.34. The van der Waals surface area contributed by atoms with E-state index in [1.54, 1.807) is 36.4 Å². The van der Waals surface area contributed by atoms with Crippen LogP contribution in [0.4, 0.5) is 0 Å². The normalized spacial score (nSPS) is 16.0. The summed E-state index contributed by atoms with van der Waals surface area (Å²) in [7, 11) is 0. The van der Waals surface area contributed by atoms with Crippen molar-refractivity contribution in [2.75, 3.05) is 0 Å². The minimum atomic E-state index is -2.03. The molecule has 0 aromatic heterocycles. The summed E-state index contributed by atoms with van der Waals surface area (Å²) in [5.74, 6) is -0.479. The van der Waals surface area contributed by atoms with E-state index < -0.39 is 17.2 Å². The highest BCUT2D eigenvalue weighted by Crippen LogP contribution is 2.32. The van der Waals surface area contributed by atoms with E-state index >= 15 is 0 Å². The van der Waals surface area contributed by atoms with Crippen LogP contribution in [0.2, 0.25) is 0 Å². The number of carbonyl (C=O) groups is 2. The van der Waals surface area contributed by atoms with Crippen molar-refractivity contribution in [3.05, 3.63) is 78.1 Å². The van der Waals surface area contributed by atoms with Crippen molar-refractivity contribution in [2.24, 2.45) is 0 Å². The van der Waals surface area contributed by atoms with Crippen LogP contribution in [0.3, 0.4) is 0 Å². The molecule has 0 fully saturated rings. The molecule has 2 aromatic carbocycles. The van der Waals surface area contributed by atoms with E-state index in [4.69, 9.17) is 4.74 Å². The first-order valence-corrected chi connectivity index (χ1v) is 6.90. The molecule has 0 aliphatic heterocycles. The molecule has 110 valence electrons. The highest BCUT2D eigenvalue weighted by Gasteiger charge is 2.50. The molecule has 0 saturated carbocycles. The van der Waals surface area contributed by atoms with E-state index in [0.717, 1.165) is 0 Å². The van der Waals surface area contributed by atoms with Crippen LogP contribution in [0.5, 0.6) is 5.75 Å². The minimum absolute atomic E-state index is 0.119. The summed E-state index contributed by atoms with van der Waals surface area (Å²) in [6, 6.07) is 15.5. The summed E-state index contributed by atoms with van der Waals surface area (Å²) in [4.78, 5) is 24.5. The van der Waals surface area contributed by atoms with Crippen LogP contribution in [-0.2, 0) is 0 Å². The number of benzene rings is 2. The molecular formula is C18H14O4. The molecule has 0 heterocycles. The summed E-state index contributed by atoms with van der Waals surface area (Å²) in [6.45, 7) is 0. The van der Waals surface area contributed by atoms with Crippen molar-refractivity contribution in [3.8, 4) is 5.75 Å². The molecule has 4 nitrogen and oxygen atoms in total. The van der Waals surface area contributed by atoms with Gasteiger partial charge < -0.3 is 9.84 Å². The molecule has 22 heavy (non-hydrogen) atoms. The second-order valence-corrected chi connectivity index (χ2v) is 5.07. The Kier molecular flexibility index (Phi) is 3.61. The Labute approximate surface area is 127 Å². The molecule has 0 radical (unpaired) electrons. The standard InChI is InChI=1S/C18H14O4/c19-16-14-9-4-5-10-15(14)17(20)18(16,21)11-6-12-22-13-7-2-1-3-8-13/h1-10,12,21H,11H2/b12-6+. The molecule has 3 rings (SSSR count). The number of rotatable bonds is 4. The fourth-order valence-electron chi connectivity index (χ4n) is 2.46. The third-order valence-corrected chi connectivity index (χ3v) is 3.62. The van der Waals surface area contributed by atoms with Gasteiger partial charge in [-0.05, 0) is 18.2 Å². The Morgan fingerprint density at radius 2 is 1.45 bits per heavy atom. The Balaban J connectivity index is 1.73. The maximum atomic E-state index is 12.2. The molecule has 1 aliphatic carbocycles. The van der Waals surface area contributed by atoms with Gasteiger partial charge in [0.1, 0.15) is 5.75 Å². The van der Waals surface area contributed by atoms with E-state index in [0.29, 0.717) is 5.75 Å². The Bertz CT molecular complexity index is 712. The van der Waals surface area contributed by atoms with Gasteiger partial charge in [-0.15, -0.1) is 0 Å². The largest absolute Gasteiger partial charge is 0.465 e. The molecule has 1 aliphatic rings. The van der Waals surface area contributed by atoms with Crippen molar-refractivity contribution in [3.63, 3.8) is 0 Å². The summed E-state index contributed by atoms with van der Waals surface area (Å²) < 4.78 is 5.34. The number of carbonyl (C=O) groups excluding carboxylic acids is 2. The number of hydrogen-bond donors (Lipinski definition) is 1. The van der Waals surface area contributed by atoms with Crippen molar-refractivity contribution < 1.29 is 19.4 Å². The molecule has 0 atom stereocenters. The van der Waals surface area contributed by atoms with E-state index in [9.17, 15) is 14.7 Å². The fraction of sp³-hybridized carbons (Fsp3) is 0.111. The molecule has 0 unspecified atom stereocenters. The number of hydrogen-bond acceptors (Lipinski definition) is 4. The summed E-state index contributed by atoms with van der Waals surface area (Å²) in [5, 5.41) is 10.4.